The van der Waals surface area contributed by atoms with Crippen molar-refractivity contribution in [2.75, 3.05) is 13.6 Å². The molecule has 0 heterocycles. The lowest BCUT2D eigenvalue weighted by Crippen LogP contribution is -2.36. The van der Waals surface area contributed by atoms with Crippen molar-refractivity contribution in [1.29, 1.82) is 0 Å². The fraction of sp³-hybridized carbons (Fsp3) is 0.588. The third kappa shape index (κ3) is 4.14. The van der Waals surface area contributed by atoms with Gasteiger partial charge in [0.15, 0.2) is 0 Å². The van der Waals surface area contributed by atoms with Crippen LogP contribution in [0.4, 0.5) is 4.39 Å². The fourth-order valence-electron chi connectivity index (χ4n) is 3.24. The predicted octanol–water partition coefficient (Wildman–Crippen LogP) is 3.80. The van der Waals surface area contributed by atoms with E-state index in [1.54, 1.807) is 0 Å². The molecule has 0 aliphatic heterocycles. The number of carbonyl (C=O) groups is 1. The summed E-state index contributed by atoms with van der Waals surface area (Å²) in [6.45, 7) is 1.56. The molecular weight excluding hydrogens is 253 g/mol. The van der Waals surface area contributed by atoms with Crippen LogP contribution in [0.5, 0.6) is 0 Å². The van der Waals surface area contributed by atoms with Crippen molar-refractivity contribution >= 4 is 6.29 Å². The van der Waals surface area contributed by atoms with Gasteiger partial charge in [-0.25, -0.2) is 4.39 Å². The first-order valence-corrected chi connectivity index (χ1v) is 7.53. The highest BCUT2D eigenvalue weighted by Crippen LogP contribution is 2.34. The first kappa shape index (κ1) is 15.2. The van der Waals surface area contributed by atoms with Gasteiger partial charge in [-0.2, -0.15) is 0 Å². The number of nitrogens with zero attached hydrogens (tertiary/aromatic N) is 1. The highest BCUT2D eigenvalue weighted by atomic mass is 19.1. The normalized spacial score (nSPS) is 18.8. The number of hydrogen-bond donors (Lipinski definition) is 0. The molecule has 0 aromatic heterocycles. The Balaban J connectivity index is 1.96. The number of carbonyl (C=O) groups excluding carboxylic acids is 1. The van der Waals surface area contributed by atoms with E-state index in [4.69, 9.17) is 0 Å². The van der Waals surface area contributed by atoms with Gasteiger partial charge in [0.2, 0.25) is 0 Å². The molecule has 0 unspecified atom stereocenters. The van der Waals surface area contributed by atoms with Crippen molar-refractivity contribution in [2.45, 2.75) is 45.1 Å². The first-order valence-electron chi connectivity index (χ1n) is 7.53. The quantitative estimate of drug-likeness (QED) is 0.603. The highest BCUT2D eigenvalue weighted by molar-refractivity contribution is 5.59. The number of halogens is 1. The van der Waals surface area contributed by atoms with Crippen LogP contribution in [0.2, 0.25) is 0 Å². The predicted molar refractivity (Wildman–Crippen MR) is 78.9 cm³/mol. The van der Waals surface area contributed by atoms with Crippen LogP contribution in [0.1, 0.15) is 44.1 Å². The number of rotatable bonds is 5. The molecule has 3 heteroatoms. The van der Waals surface area contributed by atoms with E-state index >= 15 is 0 Å². The minimum Gasteiger partial charge on any atom is -0.303 e. The monoisotopic (exact) mass is 277 g/mol. The second-order valence-electron chi connectivity index (χ2n) is 6.19. The van der Waals surface area contributed by atoms with E-state index in [1.165, 1.54) is 31.3 Å². The molecule has 20 heavy (non-hydrogen) atoms. The highest BCUT2D eigenvalue weighted by Gasteiger charge is 2.31. The van der Waals surface area contributed by atoms with Crippen LogP contribution >= 0.6 is 0 Å². The van der Waals surface area contributed by atoms with Crippen molar-refractivity contribution in [3.8, 4) is 0 Å². The van der Waals surface area contributed by atoms with E-state index in [-0.39, 0.29) is 11.2 Å². The van der Waals surface area contributed by atoms with Crippen LogP contribution in [0, 0.1) is 11.2 Å². The molecule has 0 amide bonds. The zero-order valence-electron chi connectivity index (χ0n) is 12.3. The van der Waals surface area contributed by atoms with Gasteiger partial charge in [0.05, 0.1) is 0 Å². The van der Waals surface area contributed by atoms with Crippen molar-refractivity contribution in [3.63, 3.8) is 0 Å². The molecule has 1 saturated carbocycles. The molecule has 0 saturated heterocycles. The molecule has 0 atom stereocenters. The van der Waals surface area contributed by atoms with Crippen molar-refractivity contribution in [1.82, 2.24) is 4.90 Å². The van der Waals surface area contributed by atoms with Gasteiger partial charge in [-0.15, -0.1) is 0 Å². The largest absolute Gasteiger partial charge is 0.303 e. The molecule has 1 fully saturated rings. The number of aldehydes is 1. The zero-order valence-corrected chi connectivity index (χ0v) is 12.3. The second kappa shape index (κ2) is 6.98. The van der Waals surface area contributed by atoms with Gasteiger partial charge in [-0.1, -0.05) is 37.8 Å². The van der Waals surface area contributed by atoms with Gasteiger partial charge in [0.25, 0.3) is 0 Å². The molecule has 0 bridgehead atoms. The minimum absolute atomic E-state index is 0.175. The SMILES string of the molecule is CN(Cc1ccc(F)cc1)CC1(C=O)CCCCCC1. The Morgan fingerprint density at radius 3 is 2.30 bits per heavy atom. The molecule has 1 aromatic carbocycles. The maximum absolute atomic E-state index is 12.9. The van der Waals surface area contributed by atoms with Crippen LogP contribution < -0.4 is 0 Å². The van der Waals surface area contributed by atoms with Crippen LogP contribution in [0.3, 0.4) is 0 Å². The lowest BCUT2D eigenvalue weighted by Gasteiger charge is -2.31. The third-order valence-electron chi connectivity index (χ3n) is 4.30. The van der Waals surface area contributed by atoms with Gasteiger partial charge in [-0.3, -0.25) is 0 Å². The van der Waals surface area contributed by atoms with Gasteiger partial charge in [0, 0.05) is 18.5 Å². The Labute approximate surface area is 121 Å². The summed E-state index contributed by atoms with van der Waals surface area (Å²) in [5, 5.41) is 0. The van der Waals surface area contributed by atoms with E-state index < -0.39 is 0 Å². The molecule has 0 radical (unpaired) electrons. The van der Waals surface area contributed by atoms with Crippen LogP contribution in [-0.4, -0.2) is 24.8 Å². The maximum Gasteiger partial charge on any atom is 0.127 e. The number of hydrogen-bond acceptors (Lipinski definition) is 2. The summed E-state index contributed by atoms with van der Waals surface area (Å²) in [4.78, 5) is 13.8. The summed E-state index contributed by atoms with van der Waals surface area (Å²) in [6, 6.07) is 6.60. The summed E-state index contributed by atoms with van der Waals surface area (Å²) in [5.74, 6) is -0.204. The van der Waals surface area contributed by atoms with E-state index in [1.807, 2.05) is 19.2 Å². The molecule has 110 valence electrons. The van der Waals surface area contributed by atoms with Crippen LogP contribution in [-0.2, 0) is 11.3 Å². The first-order chi connectivity index (χ1) is 9.63. The Bertz CT molecular complexity index is 421. The maximum atomic E-state index is 12.9. The van der Waals surface area contributed by atoms with Crippen molar-refractivity contribution < 1.29 is 9.18 Å². The fourth-order valence-corrected chi connectivity index (χ4v) is 3.24. The smallest absolute Gasteiger partial charge is 0.127 e. The molecule has 2 rings (SSSR count). The van der Waals surface area contributed by atoms with Gasteiger partial charge < -0.3 is 9.69 Å². The topological polar surface area (TPSA) is 20.3 Å². The standard InChI is InChI=1S/C17H24FNO/c1-19(12-15-6-8-16(18)9-7-15)13-17(14-20)10-4-2-3-5-11-17/h6-9,14H,2-5,10-13H2,1H3. The Kier molecular flexibility index (Phi) is 5.30. The lowest BCUT2D eigenvalue weighted by molar-refractivity contribution is -0.118. The zero-order chi connectivity index (χ0) is 14.4. The Hall–Kier alpha value is -1.22. The average molecular weight is 277 g/mol. The second-order valence-corrected chi connectivity index (χ2v) is 6.19. The summed E-state index contributed by atoms with van der Waals surface area (Å²) in [5.41, 5.74) is 0.911. The number of benzene rings is 1. The van der Waals surface area contributed by atoms with E-state index in [0.717, 1.165) is 44.3 Å². The summed E-state index contributed by atoms with van der Waals surface area (Å²) in [6.07, 6.45) is 7.99. The molecule has 1 aliphatic carbocycles. The van der Waals surface area contributed by atoms with Gasteiger partial charge in [-0.05, 0) is 37.6 Å². The Morgan fingerprint density at radius 2 is 1.75 bits per heavy atom. The van der Waals surface area contributed by atoms with Gasteiger partial charge in [0.1, 0.15) is 12.1 Å². The van der Waals surface area contributed by atoms with Gasteiger partial charge >= 0.3 is 0 Å². The molecule has 0 spiro atoms. The molecule has 1 aromatic rings. The third-order valence-corrected chi connectivity index (χ3v) is 4.30. The van der Waals surface area contributed by atoms with E-state index in [2.05, 4.69) is 4.90 Å². The molecule has 0 N–H and O–H groups in total. The molecule has 1 aliphatic rings. The molecular formula is C17H24FNO. The summed E-state index contributed by atoms with van der Waals surface area (Å²) >= 11 is 0. The van der Waals surface area contributed by atoms with Crippen LogP contribution in [0.15, 0.2) is 24.3 Å². The minimum atomic E-state index is -0.204. The van der Waals surface area contributed by atoms with E-state index in [9.17, 15) is 9.18 Å². The summed E-state index contributed by atoms with van der Waals surface area (Å²) < 4.78 is 12.9. The lowest BCUT2D eigenvalue weighted by atomic mass is 9.81. The van der Waals surface area contributed by atoms with Crippen molar-refractivity contribution in [2.24, 2.45) is 5.41 Å². The van der Waals surface area contributed by atoms with Crippen LogP contribution in [0.25, 0.3) is 0 Å². The average Bonchev–Trinajstić information content (AvgIpc) is 2.67. The van der Waals surface area contributed by atoms with E-state index in [0.29, 0.717) is 0 Å². The van der Waals surface area contributed by atoms with Crippen molar-refractivity contribution in [3.05, 3.63) is 35.6 Å². The Morgan fingerprint density at radius 1 is 1.15 bits per heavy atom. The summed E-state index contributed by atoms with van der Waals surface area (Å²) in [7, 11) is 2.04. The molecule has 2 nitrogen and oxygen atoms in total.